The molecule has 0 spiro atoms. The third kappa shape index (κ3) is 5.70. The van der Waals surface area contributed by atoms with Gasteiger partial charge in [0.1, 0.15) is 5.75 Å². The van der Waals surface area contributed by atoms with Gasteiger partial charge < -0.3 is 15.6 Å². The number of carboxylic acid groups (broad SMARTS) is 1. The number of rotatable bonds is 7. The lowest BCUT2D eigenvalue weighted by Crippen LogP contribution is -2.44. The van der Waals surface area contributed by atoms with Crippen LogP contribution in [-0.4, -0.2) is 47.7 Å². The van der Waals surface area contributed by atoms with Crippen LogP contribution in [0.3, 0.4) is 0 Å². The molecule has 1 aliphatic rings. The summed E-state index contributed by atoms with van der Waals surface area (Å²) in [4.78, 5) is 19.6. The highest BCUT2D eigenvalue weighted by molar-refractivity contribution is 7.10. The Morgan fingerprint density at radius 1 is 1.44 bits per heavy atom. The molecule has 0 saturated carbocycles. The Morgan fingerprint density at radius 2 is 2.29 bits per heavy atom. The van der Waals surface area contributed by atoms with Gasteiger partial charge >= 0.3 is 5.97 Å². The van der Waals surface area contributed by atoms with Crippen LogP contribution in [-0.2, 0) is 4.79 Å². The van der Waals surface area contributed by atoms with Crippen LogP contribution >= 0.6 is 22.9 Å². The maximum absolute atomic E-state index is 12.0. The van der Waals surface area contributed by atoms with Crippen LogP contribution < -0.4 is 10.5 Å². The molecule has 178 valence electrons. The molecular formula is C26H28ClN3O3S. The van der Waals surface area contributed by atoms with Gasteiger partial charge in [0.25, 0.3) is 0 Å². The predicted molar refractivity (Wildman–Crippen MR) is 136 cm³/mol. The number of pyridine rings is 1. The summed E-state index contributed by atoms with van der Waals surface area (Å²) in [5.74, 6) is 5.91. The number of hydrogen-bond donors (Lipinski definition) is 2. The number of aromatic nitrogens is 1. The maximum atomic E-state index is 12.0. The lowest BCUT2D eigenvalue weighted by Gasteiger charge is -2.36. The standard InChI is InChI=1S/C26H28ClN3O3S/c1-33-18-7-9-24-20(14-18)25(22(27)15-29-24)23(28)8-6-17-10-12-30(16-21(17)26(31)32)11-2-4-19-5-3-13-34-19/h3,5,7,9,13-15,17,21,23H,6,8,10-12,16,28H2,1H3,(H,31,32). The Balaban J connectivity index is 1.42. The number of carbonyl (C=O) groups is 1. The molecule has 4 rings (SSSR count). The zero-order chi connectivity index (χ0) is 24.1. The lowest BCUT2D eigenvalue weighted by atomic mass is 9.81. The van der Waals surface area contributed by atoms with Crippen molar-refractivity contribution in [3.05, 3.63) is 57.4 Å². The number of thiophene rings is 1. The fourth-order valence-electron chi connectivity index (χ4n) is 4.63. The molecule has 3 atom stereocenters. The number of nitrogens with two attached hydrogens (primary N) is 1. The van der Waals surface area contributed by atoms with Gasteiger partial charge in [-0.1, -0.05) is 29.5 Å². The molecule has 0 amide bonds. The molecular weight excluding hydrogens is 470 g/mol. The van der Waals surface area contributed by atoms with Gasteiger partial charge in [-0.15, -0.1) is 11.3 Å². The summed E-state index contributed by atoms with van der Waals surface area (Å²) in [6.07, 6.45) is 3.80. The Hall–Kier alpha value is -2.63. The molecule has 1 aromatic carbocycles. The normalized spacial score (nSPS) is 19.4. The van der Waals surface area contributed by atoms with Crippen molar-refractivity contribution in [3.8, 4) is 17.6 Å². The first-order valence-electron chi connectivity index (χ1n) is 11.3. The number of nitrogens with zero attached hydrogens (tertiary/aromatic N) is 2. The highest BCUT2D eigenvalue weighted by Crippen LogP contribution is 2.35. The second-order valence-corrected chi connectivity index (χ2v) is 9.95. The monoisotopic (exact) mass is 497 g/mol. The number of halogens is 1. The number of hydrogen-bond acceptors (Lipinski definition) is 6. The van der Waals surface area contributed by atoms with E-state index in [2.05, 4.69) is 21.7 Å². The molecule has 1 saturated heterocycles. The average molecular weight is 498 g/mol. The van der Waals surface area contributed by atoms with E-state index in [1.54, 1.807) is 24.6 Å². The van der Waals surface area contributed by atoms with Gasteiger partial charge in [-0.25, -0.2) is 0 Å². The van der Waals surface area contributed by atoms with Crippen LogP contribution in [0.4, 0.5) is 0 Å². The Labute approximate surface area is 208 Å². The van der Waals surface area contributed by atoms with Crippen molar-refractivity contribution in [2.75, 3.05) is 26.7 Å². The second-order valence-electron chi connectivity index (χ2n) is 8.59. The number of ether oxygens (including phenoxy) is 1. The van der Waals surface area contributed by atoms with Crippen LogP contribution in [0.1, 0.15) is 35.7 Å². The molecule has 1 aliphatic heterocycles. The van der Waals surface area contributed by atoms with Gasteiger partial charge in [-0.3, -0.25) is 14.7 Å². The molecule has 34 heavy (non-hydrogen) atoms. The Bertz CT molecular complexity index is 1210. The molecule has 8 heteroatoms. The first-order chi connectivity index (χ1) is 16.5. The molecule has 3 heterocycles. The SMILES string of the molecule is COc1ccc2ncc(Cl)c(C(N)CCC3CCN(CC#Cc4cccs4)CC3C(=O)O)c2c1. The van der Waals surface area contributed by atoms with Gasteiger partial charge in [-0.05, 0) is 66.9 Å². The summed E-state index contributed by atoms with van der Waals surface area (Å²) < 4.78 is 5.36. The minimum Gasteiger partial charge on any atom is -0.497 e. The summed E-state index contributed by atoms with van der Waals surface area (Å²) >= 11 is 8.11. The van der Waals surface area contributed by atoms with Crippen molar-refractivity contribution >= 4 is 39.8 Å². The third-order valence-electron chi connectivity index (χ3n) is 6.48. The van der Waals surface area contributed by atoms with E-state index < -0.39 is 11.9 Å². The molecule has 0 aliphatic carbocycles. The highest BCUT2D eigenvalue weighted by atomic mass is 35.5. The topological polar surface area (TPSA) is 88.7 Å². The van der Waals surface area contributed by atoms with Crippen molar-refractivity contribution in [1.29, 1.82) is 0 Å². The van der Waals surface area contributed by atoms with E-state index in [4.69, 9.17) is 22.1 Å². The molecule has 3 unspecified atom stereocenters. The van der Waals surface area contributed by atoms with E-state index in [9.17, 15) is 9.90 Å². The summed E-state index contributed by atoms with van der Waals surface area (Å²) in [5, 5.41) is 13.3. The van der Waals surface area contributed by atoms with Crippen LogP contribution in [0.15, 0.2) is 41.9 Å². The molecule has 6 nitrogen and oxygen atoms in total. The van der Waals surface area contributed by atoms with Crippen molar-refractivity contribution in [1.82, 2.24) is 9.88 Å². The average Bonchev–Trinajstić information content (AvgIpc) is 3.36. The molecule has 0 bridgehead atoms. The number of carboxylic acids is 1. The quantitative estimate of drug-likeness (QED) is 0.455. The van der Waals surface area contributed by atoms with Gasteiger partial charge in [0, 0.05) is 24.2 Å². The summed E-state index contributed by atoms with van der Waals surface area (Å²) in [6, 6.07) is 9.28. The van der Waals surface area contributed by atoms with Gasteiger partial charge in [0.2, 0.25) is 0 Å². The number of piperidine rings is 1. The van der Waals surface area contributed by atoms with E-state index in [-0.39, 0.29) is 12.0 Å². The molecule has 0 radical (unpaired) electrons. The van der Waals surface area contributed by atoms with Crippen molar-refractivity contribution in [2.24, 2.45) is 17.6 Å². The Kier molecular flexibility index (Phi) is 8.07. The van der Waals surface area contributed by atoms with E-state index in [0.29, 0.717) is 30.3 Å². The van der Waals surface area contributed by atoms with Crippen LogP contribution in [0.25, 0.3) is 10.9 Å². The fraction of sp³-hybridized carbons (Fsp3) is 0.385. The van der Waals surface area contributed by atoms with Crippen LogP contribution in [0, 0.1) is 23.7 Å². The molecule has 3 aromatic rings. The predicted octanol–water partition coefficient (Wildman–Crippen LogP) is 4.81. The fourth-order valence-corrected chi connectivity index (χ4v) is 5.52. The zero-order valence-corrected chi connectivity index (χ0v) is 20.6. The number of aliphatic carboxylic acids is 1. The summed E-state index contributed by atoms with van der Waals surface area (Å²) in [7, 11) is 1.62. The van der Waals surface area contributed by atoms with E-state index in [0.717, 1.165) is 40.7 Å². The number of benzene rings is 1. The van der Waals surface area contributed by atoms with E-state index >= 15 is 0 Å². The van der Waals surface area contributed by atoms with Crippen molar-refractivity contribution < 1.29 is 14.6 Å². The van der Waals surface area contributed by atoms with Crippen LogP contribution in [0.5, 0.6) is 5.75 Å². The maximum Gasteiger partial charge on any atom is 0.308 e. The van der Waals surface area contributed by atoms with E-state index in [1.807, 2.05) is 35.7 Å². The first-order valence-corrected chi connectivity index (χ1v) is 12.6. The number of likely N-dealkylation sites (tertiary alicyclic amines) is 1. The minimum atomic E-state index is -0.758. The van der Waals surface area contributed by atoms with Gasteiger partial charge in [0.15, 0.2) is 0 Å². The van der Waals surface area contributed by atoms with Crippen molar-refractivity contribution in [3.63, 3.8) is 0 Å². The molecule has 1 fully saturated rings. The number of fused-ring (bicyclic) bond motifs is 1. The smallest absolute Gasteiger partial charge is 0.308 e. The minimum absolute atomic E-state index is 0.0615. The summed E-state index contributed by atoms with van der Waals surface area (Å²) in [6.45, 7) is 1.91. The van der Waals surface area contributed by atoms with Crippen molar-refractivity contribution in [2.45, 2.75) is 25.3 Å². The Morgan fingerprint density at radius 3 is 3.03 bits per heavy atom. The van der Waals surface area contributed by atoms with E-state index in [1.165, 1.54) is 0 Å². The van der Waals surface area contributed by atoms with Gasteiger partial charge in [0.05, 0.1) is 35.0 Å². The molecule has 3 N–H and O–H groups in total. The second kappa shape index (κ2) is 11.2. The summed E-state index contributed by atoms with van der Waals surface area (Å²) in [5.41, 5.74) is 8.24. The third-order valence-corrected chi connectivity index (χ3v) is 7.57. The lowest BCUT2D eigenvalue weighted by molar-refractivity contribution is -0.146. The van der Waals surface area contributed by atoms with Gasteiger partial charge in [-0.2, -0.15) is 0 Å². The van der Waals surface area contributed by atoms with Crippen LogP contribution in [0.2, 0.25) is 5.02 Å². The highest BCUT2D eigenvalue weighted by Gasteiger charge is 2.34. The zero-order valence-electron chi connectivity index (χ0n) is 19.0. The first kappa shape index (κ1) is 24.5. The largest absolute Gasteiger partial charge is 0.497 e. The molecule has 2 aromatic heterocycles. The number of methoxy groups -OCH3 is 1.